The normalized spacial score (nSPS) is 33.6. The van der Waals surface area contributed by atoms with Crippen LogP contribution in [0, 0.1) is 5.92 Å². The van der Waals surface area contributed by atoms with E-state index in [-0.39, 0.29) is 0 Å². The first-order valence-electron chi connectivity index (χ1n) is 6.12. The molecule has 2 nitrogen and oxygen atoms in total. The zero-order valence-electron chi connectivity index (χ0n) is 9.68. The van der Waals surface area contributed by atoms with E-state index in [9.17, 15) is 0 Å². The number of rotatable bonds is 4. The molecule has 0 radical (unpaired) electrons. The lowest BCUT2D eigenvalue weighted by Crippen LogP contribution is -2.53. The van der Waals surface area contributed by atoms with Crippen LogP contribution in [0.25, 0.3) is 0 Å². The first-order valence-corrected chi connectivity index (χ1v) is 6.12. The molecule has 0 bridgehead atoms. The van der Waals surface area contributed by atoms with Gasteiger partial charge in [-0.25, -0.2) is 0 Å². The van der Waals surface area contributed by atoms with Crippen molar-refractivity contribution in [3.63, 3.8) is 0 Å². The Balaban J connectivity index is 1.75. The molecule has 1 heterocycles. The number of piperidine rings is 1. The molecular weight excluding hydrogens is 172 g/mol. The van der Waals surface area contributed by atoms with Gasteiger partial charge in [0.15, 0.2) is 0 Å². The third-order valence-corrected chi connectivity index (χ3v) is 3.59. The van der Waals surface area contributed by atoms with E-state index in [1.54, 1.807) is 0 Å². The molecule has 2 rings (SSSR count). The van der Waals surface area contributed by atoms with Gasteiger partial charge in [0.25, 0.3) is 0 Å². The molecule has 2 aliphatic rings. The van der Waals surface area contributed by atoms with Gasteiger partial charge >= 0.3 is 0 Å². The molecule has 14 heavy (non-hydrogen) atoms. The van der Waals surface area contributed by atoms with E-state index < -0.39 is 0 Å². The summed E-state index contributed by atoms with van der Waals surface area (Å²) in [7, 11) is 2.28. The minimum absolute atomic E-state index is 0.391. The van der Waals surface area contributed by atoms with Crippen LogP contribution in [-0.2, 0) is 0 Å². The summed E-state index contributed by atoms with van der Waals surface area (Å²) in [6, 6.07) is 0. The van der Waals surface area contributed by atoms with Crippen molar-refractivity contribution in [1.82, 2.24) is 10.2 Å². The molecule has 1 atom stereocenters. The standard InChI is InChI=1S/C12H24N2/c1-12(7-3-4-8-13-12)10-14(2)9-11-5-6-11/h11,13H,3-10H2,1-2H3. The lowest BCUT2D eigenvalue weighted by molar-refractivity contribution is 0.183. The van der Waals surface area contributed by atoms with Gasteiger partial charge in [0.05, 0.1) is 0 Å². The van der Waals surface area contributed by atoms with Gasteiger partial charge in [-0.05, 0) is 52.1 Å². The van der Waals surface area contributed by atoms with Crippen molar-refractivity contribution in [2.24, 2.45) is 5.92 Å². The summed E-state index contributed by atoms with van der Waals surface area (Å²) in [6.45, 7) is 6.14. The van der Waals surface area contributed by atoms with Crippen LogP contribution in [0.15, 0.2) is 0 Å². The summed E-state index contributed by atoms with van der Waals surface area (Å²) < 4.78 is 0. The van der Waals surface area contributed by atoms with Crippen LogP contribution >= 0.6 is 0 Å². The predicted molar refractivity (Wildman–Crippen MR) is 60.5 cm³/mol. The quantitative estimate of drug-likeness (QED) is 0.738. The maximum atomic E-state index is 3.68. The molecule has 1 aliphatic heterocycles. The van der Waals surface area contributed by atoms with Gasteiger partial charge in [-0.1, -0.05) is 6.42 Å². The van der Waals surface area contributed by atoms with Gasteiger partial charge in [-0.15, -0.1) is 0 Å². The molecule has 1 unspecified atom stereocenters. The van der Waals surface area contributed by atoms with Crippen molar-refractivity contribution in [2.45, 2.75) is 44.6 Å². The number of hydrogen-bond donors (Lipinski definition) is 1. The molecule has 0 aromatic rings. The van der Waals surface area contributed by atoms with Crippen molar-refractivity contribution in [3.8, 4) is 0 Å². The van der Waals surface area contributed by atoms with Gasteiger partial charge in [-0.2, -0.15) is 0 Å². The highest BCUT2D eigenvalue weighted by atomic mass is 15.1. The second kappa shape index (κ2) is 4.19. The fraction of sp³-hybridized carbons (Fsp3) is 1.00. The minimum atomic E-state index is 0.391. The van der Waals surface area contributed by atoms with Crippen LogP contribution in [0.3, 0.4) is 0 Å². The fourth-order valence-electron chi connectivity index (χ4n) is 2.66. The lowest BCUT2D eigenvalue weighted by Gasteiger charge is -2.38. The Kier molecular flexibility index (Phi) is 3.13. The van der Waals surface area contributed by atoms with Crippen LogP contribution in [0.2, 0.25) is 0 Å². The minimum Gasteiger partial charge on any atom is -0.310 e. The van der Waals surface area contributed by atoms with Gasteiger partial charge < -0.3 is 10.2 Å². The molecule has 1 saturated carbocycles. The second-order valence-electron chi connectivity index (χ2n) is 5.58. The van der Waals surface area contributed by atoms with Crippen molar-refractivity contribution < 1.29 is 0 Å². The average Bonchev–Trinajstić information content (AvgIpc) is 2.88. The molecule has 1 aliphatic carbocycles. The van der Waals surface area contributed by atoms with Crippen LogP contribution < -0.4 is 5.32 Å². The van der Waals surface area contributed by atoms with Crippen molar-refractivity contribution >= 4 is 0 Å². The molecular formula is C12H24N2. The van der Waals surface area contributed by atoms with E-state index in [2.05, 4.69) is 24.2 Å². The molecule has 1 saturated heterocycles. The molecule has 0 amide bonds. The van der Waals surface area contributed by atoms with E-state index in [0.29, 0.717) is 5.54 Å². The zero-order chi connectivity index (χ0) is 10.0. The first-order chi connectivity index (χ1) is 6.68. The Morgan fingerprint density at radius 3 is 2.71 bits per heavy atom. The molecule has 0 aromatic heterocycles. The topological polar surface area (TPSA) is 15.3 Å². The Morgan fingerprint density at radius 2 is 2.14 bits per heavy atom. The number of hydrogen-bond acceptors (Lipinski definition) is 2. The monoisotopic (exact) mass is 196 g/mol. The van der Waals surface area contributed by atoms with Crippen LogP contribution in [0.1, 0.15) is 39.0 Å². The lowest BCUT2D eigenvalue weighted by atomic mass is 9.90. The second-order valence-corrected chi connectivity index (χ2v) is 5.58. The van der Waals surface area contributed by atoms with Crippen molar-refractivity contribution in [2.75, 3.05) is 26.7 Å². The molecule has 0 spiro atoms. The number of nitrogens with zero attached hydrogens (tertiary/aromatic N) is 1. The Labute approximate surface area is 88.1 Å². The van der Waals surface area contributed by atoms with E-state index in [1.165, 1.54) is 51.7 Å². The Morgan fingerprint density at radius 1 is 1.36 bits per heavy atom. The van der Waals surface area contributed by atoms with E-state index in [0.717, 1.165) is 5.92 Å². The summed E-state index contributed by atoms with van der Waals surface area (Å²) in [6.07, 6.45) is 7.05. The smallest absolute Gasteiger partial charge is 0.0280 e. The van der Waals surface area contributed by atoms with Crippen LogP contribution in [-0.4, -0.2) is 37.1 Å². The third-order valence-electron chi connectivity index (χ3n) is 3.59. The average molecular weight is 196 g/mol. The van der Waals surface area contributed by atoms with E-state index in [1.807, 2.05) is 0 Å². The van der Waals surface area contributed by atoms with E-state index in [4.69, 9.17) is 0 Å². The zero-order valence-corrected chi connectivity index (χ0v) is 9.68. The molecule has 2 fully saturated rings. The summed E-state index contributed by atoms with van der Waals surface area (Å²) in [5.41, 5.74) is 0.391. The van der Waals surface area contributed by atoms with Gasteiger partial charge in [0, 0.05) is 18.6 Å². The first kappa shape index (κ1) is 10.4. The Bertz CT molecular complexity index is 181. The highest BCUT2D eigenvalue weighted by Crippen LogP contribution is 2.30. The van der Waals surface area contributed by atoms with Gasteiger partial charge in [0.1, 0.15) is 0 Å². The fourth-order valence-corrected chi connectivity index (χ4v) is 2.66. The summed E-state index contributed by atoms with van der Waals surface area (Å²) in [5, 5.41) is 3.68. The number of likely N-dealkylation sites (N-methyl/N-ethyl adjacent to an activating group) is 1. The highest BCUT2D eigenvalue weighted by Gasteiger charge is 2.29. The third kappa shape index (κ3) is 2.96. The van der Waals surface area contributed by atoms with Gasteiger partial charge in [-0.3, -0.25) is 0 Å². The predicted octanol–water partition coefficient (Wildman–Crippen LogP) is 1.86. The van der Waals surface area contributed by atoms with Crippen LogP contribution in [0.4, 0.5) is 0 Å². The summed E-state index contributed by atoms with van der Waals surface area (Å²) in [4.78, 5) is 2.52. The largest absolute Gasteiger partial charge is 0.310 e. The molecule has 1 N–H and O–H groups in total. The Hall–Kier alpha value is -0.0800. The number of nitrogens with one attached hydrogen (secondary N) is 1. The van der Waals surface area contributed by atoms with Crippen LogP contribution in [0.5, 0.6) is 0 Å². The maximum Gasteiger partial charge on any atom is 0.0280 e. The van der Waals surface area contributed by atoms with Crippen molar-refractivity contribution in [3.05, 3.63) is 0 Å². The maximum absolute atomic E-state index is 3.68. The van der Waals surface area contributed by atoms with Crippen molar-refractivity contribution in [1.29, 1.82) is 0 Å². The molecule has 82 valence electrons. The summed E-state index contributed by atoms with van der Waals surface area (Å²) >= 11 is 0. The SMILES string of the molecule is CN(CC1CC1)CC1(C)CCCCN1. The summed E-state index contributed by atoms with van der Waals surface area (Å²) in [5.74, 6) is 1.02. The molecule has 2 heteroatoms. The highest BCUT2D eigenvalue weighted by molar-refractivity contribution is 4.90. The van der Waals surface area contributed by atoms with E-state index >= 15 is 0 Å². The molecule has 0 aromatic carbocycles. The van der Waals surface area contributed by atoms with Gasteiger partial charge in [0.2, 0.25) is 0 Å².